The molecular formula is C12H20O2. The molecule has 2 aliphatic rings. The molecule has 1 aliphatic carbocycles. The summed E-state index contributed by atoms with van der Waals surface area (Å²) in [4.78, 5) is 0. The molecule has 0 aromatic heterocycles. The summed E-state index contributed by atoms with van der Waals surface area (Å²) in [5.41, 5.74) is 0. The summed E-state index contributed by atoms with van der Waals surface area (Å²) in [6.07, 6.45) is 10.7. The van der Waals surface area contributed by atoms with E-state index in [0.717, 1.165) is 25.9 Å². The molecular weight excluding hydrogens is 176 g/mol. The first-order valence-corrected chi connectivity index (χ1v) is 5.79. The number of allylic oxidation sites excluding steroid dienone is 2. The fraction of sp³-hybridized carbons (Fsp3) is 0.833. The van der Waals surface area contributed by atoms with Gasteiger partial charge in [0.25, 0.3) is 0 Å². The summed E-state index contributed by atoms with van der Waals surface area (Å²) in [6, 6.07) is 0. The summed E-state index contributed by atoms with van der Waals surface area (Å²) < 4.78 is 5.83. The van der Waals surface area contributed by atoms with Gasteiger partial charge in [-0.05, 0) is 38.0 Å². The van der Waals surface area contributed by atoms with E-state index >= 15 is 0 Å². The van der Waals surface area contributed by atoms with Crippen LogP contribution in [0.4, 0.5) is 0 Å². The van der Waals surface area contributed by atoms with E-state index in [1.807, 2.05) is 0 Å². The highest BCUT2D eigenvalue weighted by Crippen LogP contribution is 2.32. The molecule has 3 atom stereocenters. The van der Waals surface area contributed by atoms with Gasteiger partial charge in [0.15, 0.2) is 0 Å². The van der Waals surface area contributed by atoms with Crippen LogP contribution in [0.2, 0.25) is 0 Å². The zero-order valence-electron chi connectivity index (χ0n) is 8.69. The highest BCUT2D eigenvalue weighted by atomic mass is 16.5. The van der Waals surface area contributed by atoms with E-state index in [1.54, 1.807) is 0 Å². The van der Waals surface area contributed by atoms with Crippen molar-refractivity contribution in [1.82, 2.24) is 0 Å². The van der Waals surface area contributed by atoms with Crippen molar-refractivity contribution in [3.63, 3.8) is 0 Å². The number of hydrogen-bond acceptors (Lipinski definition) is 2. The fourth-order valence-corrected chi connectivity index (χ4v) is 2.70. The highest BCUT2D eigenvalue weighted by Gasteiger charge is 2.32. The van der Waals surface area contributed by atoms with Crippen LogP contribution in [0.25, 0.3) is 0 Å². The molecule has 1 heterocycles. The van der Waals surface area contributed by atoms with Crippen LogP contribution in [-0.4, -0.2) is 24.4 Å². The maximum Gasteiger partial charge on any atom is 0.0656 e. The molecule has 80 valence electrons. The van der Waals surface area contributed by atoms with Gasteiger partial charge in [-0.3, -0.25) is 0 Å². The second kappa shape index (κ2) is 4.94. The van der Waals surface area contributed by atoms with Gasteiger partial charge in [0.2, 0.25) is 0 Å². The summed E-state index contributed by atoms with van der Waals surface area (Å²) in [5, 5.41) is 9.29. The normalized spacial score (nSPS) is 38.5. The maximum absolute atomic E-state index is 9.29. The Kier molecular flexibility index (Phi) is 3.60. The molecule has 2 heteroatoms. The Hall–Kier alpha value is -0.340. The Morgan fingerprint density at radius 1 is 1.29 bits per heavy atom. The fourth-order valence-electron chi connectivity index (χ4n) is 2.70. The minimum atomic E-state index is 0.297. The van der Waals surface area contributed by atoms with E-state index in [2.05, 4.69) is 12.2 Å². The van der Waals surface area contributed by atoms with Crippen molar-refractivity contribution in [1.29, 1.82) is 0 Å². The molecule has 0 aromatic rings. The number of rotatable bonds is 2. The van der Waals surface area contributed by atoms with Crippen LogP contribution in [0, 0.1) is 11.8 Å². The third kappa shape index (κ3) is 2.18. The van der Waals surface area contributed by atoms with Crippen LogP contribution in [0.5, 0.6) is 0 Å². The molecule has 0 saturated carbocycles. The molecule has 0 spiro atoms. The van der Waals surface area contributed by atoms with E-state index in [0.29, 0.717) is 24.5 Å². The molecule has 0 radical (unpaired) electrons. The average Bonchev–Trinajstić information content (AvgIpc) is 2.30. The lowest BCUT2D eigenvalue weighted by Crippen LogP contribution is -2.38. The van der Waals surface area contributed by atoms with Crippen molar-refractivity contribution in [2.45, 2.75) is 38.2 Å². The first-order chi connectivity index (χ1) is 6.92. The summed E-state index contributed by atoms with van der Waals surface area (Å²) in [7, 11) is 0. The van der Waals surface area contributed by atoms with Crippen LogP contribution in [0.15, 0.2) is 12.2 Å². The summed E-state index contributed by atoms with van der Waals surface area (Å²) in [6.45, 7) is 1.19. The molecule has 14 heavy (non-hydrogen) atoms. The van der Waals surface area contributed by atoms with E-state index in [-0.39, 0.29) is 0 Å². The molecule has 3 unspecified atom stereocenters. The molecule has 1 aliphatic heterocycles. The first kappa shape index (κ1) is 10.2. The quantitative estimate of drug-likeness (QED) is 0.686. The van der Waals surface area contributed by atoms with Gasteiger partial charge in [-0.25, -0.2) is 0 Å². The lowest BCUT2D eigenvalue weighted by Gasteiger charge is -2.36. The molecule has 0 amide bonds. The summed E-state index contributed by atoms with van der Waals surface area (Å²) >= 11 is 0. The topological polar surface area (TPSA) is 29.5 Å². The van der Waals surface area contributed by atoms with Gasteiger partial charge in [-0.2, -0.15) is 0 Å². The monoisotopic (exact) mass is 196 g/mol. The van der Waals surface area contributed by atoms with E-state index < -0.39 is 0 Å². The number of ether oxygens (including phenoxy) is 1. The molecule has 0 bridgehead atoms. The average molecular weight is 196 g/mol. The van der Waals surface area contributed by atoms with Gasteiger partial charge < -0.3 is 9.84 Å². The van der Waals surface area contributed by atoms with E-state index in [9.17, 15) is 5.11 Å². The van der Waals surface area contributed by atoms with Crippen LogP contribution in [0.3, 0.4) is 0 Å². The van der Waals surface area contributed by atoms with Gasteiger partial charge in [0.1, 0.15) is 0 Å². The van der Waals surface area contributed by atoms with Gasteiger partial charge in [-0.1, -0.05) is 12.2 Å². The molecule has 1 fully saturated rings. The second-order valence-corrected chi connectivity index (χ2v) is 4.46. The van der Waals surface area contributed by atoms with E-state index in [1.165, 1.54) is 12.8 Å². The first-order valence-electron chi connectivity index (χ1n) is 5.79. The predicted octanol–water partition coefficient (Wildman–Crippen LogP) is 2.13. The van der Waals surface area contributed by atoms with Crippen molar-refractivity contribution in [2.24, 2.45) is 11.8 Å². The Labute approximate surface area is 86.0 Å². The smallest absolute Gasteiger partial charge is 0.0656 e. The Balaban J connectivity index is 1.95. The van der Waals surface area contributed by atoms with Crippen molar-refractivity contribution in [3.8, 4) is 0 Å². The Morgan fingerprint density at radius 3 is 2.93 bits per heavy atom. The largest absolute Gasteiger partial charge is 0.396 e. The molecule has 1 saturated heterocycles. The zero-order chi connectivity index (χ0) is 9.80. The lowest BCUT2D eigenvalue weighted by atomic mass is 9.80. The Bertz CT molecular complexity index is 200. The minimum absolute atomic E-state index is 0.297. The number of aliphatic hydroxyl groups is 1. The van der Waals surface area contributed by atoms with Gasteiger partial charge in [0, 0.05) is 19.1 Å². The second-order valence-electron chi connectivity index (χ2n) is 4.46. The van der Waals surface area contributed by atoms with Crippen molar-refractivity contribution < 1.29 is 9.84 Å². The van der Waals surface area contributed by atoms with Crippen LogP contribution in [0.1, 0.15) is 32.1 Å². The lowest BCUT2D eigenvalue weighted by molar-refractivity contribution is -0.0764. The molecule has 2 nitrogen and oxygen atoms in total. The highest BCUT2D eigenvalue weighted by molar-refractivity contribution is 4.94. The minimum Gasteiger partial charge on any atom is -0.396 e. The van der Waals surface area contributed by atoms with Crippen LogP contribution >= 0.6 is 0 Å². The van der Waals surface area contributed by atoms with E-state index in [4.69, 9.17) is 4.74 Å². The Morgan fingerprint density at radius 2 is 2.21 bits per heavy atom. The maximum atomic E-state index is 9.29. The molecule has 1 N–H and O–H groups in total. The predicted molar refractivity (Wildman–Crippen MR) is 56.0 cm³/mol. The van der Waals surface area contributed by atoms with Gasteiger partial charge in [0.05, 0.1) is 6.10 Å². The van der Waals surface area contributed by atoms with Crippen LogP contribution < -0.4 is 0 Å². The number of hydrogen-bond donors (Lipinski definition) is 1. The standard InChI is InChI=1S/C12H20O2/c13-9-11-7-4-8-14-12(11)10-5-2-1-3-6-10/h1-2,10-13H,3-9H2. The molecule has 0 aromatic carbocycles. The summed E-state index contributed by atoms with van der Waals surface area (Å²) in [5.74, 6) is 1.04. The van der Waals surface area contributed by atoms with Gasteiger partial charge >= 0.3 is 0 Å². The van der Waals surface area contributed by atoms with Crippen molar-refractivity contribution >= 4 is 0 Å². The SMILES string of the molecule is OCC1CCCOC1C1CC=CCC1. The van der Waals surface area contributed by atoms with Crippen LogP contribution in [-0.2, 0) is 4.74 Å². The van der Waals surface area contributed by atoms with Crippen molar-refractivity contribution in [3.05, 3.63) is 12.2 Å². The third-order valence-corrected chi connectivity index (χ3v) is 3.50. The molecule has 2 rings (SSSR count). The van der Waals surface area contributed by atoms with Crippen molar-refractivity contribution in [2.75, 3.05) is 13.2 Å². The third-order valence-electron chi connectivity index (χ3n) is 3.50. The number of aliphatic hydroxyl groups excluding tert-OH is 1. The zero-order valence-corrected chi connectivity index (χ0v) is 8.69. The van der Waals surface area contributed by atoms with Gasteiger partial charge in [-0.15, -0.1) is 0 Å².